The molecule has 1 N–H and O–H groups in total. The summed E-state index contributed by atoms with van der Waals surface area (Å²) in [5.41, 5.74) is 1.34. The van der Waals surface area contributed by atoms with Crippen LogP contribution in [-0.2, 0) is 23.9 Å². The Balaban J connectivity index is 1.07. The summed E-state index contributed by atoms with van der Waals surface area (Å²) in [4.78, 5) is 67.0. The number of Topliss-reactive ketones (excluding diaryl/α,β-unsaturated/α-hetero) is 4. The Labute approximate surface area is 271 Å². The molecular weight excluding hydrogens is 596 g/mol. The number of carbonyl (C=O) groups excluding carboxylic acids is 5. The molecule has 3 atom stereocenters. The summed E-state index contributed by atoms with van der Waals surface area (Å²) in [6.45, 7) is 0.0777. The maximum absolute atomic E-state index is 13.5. The molecule has 236 valence electrons. The van der Waals surface area contributed by atoms with Crippen LogP contribution < -0.4 is 0 Å². The second-order valence-electron chi connectivity index (χ2n) is 11.4. The summed E-state index contributed by atoms with van der Waals surface area (Å²) in [7, 11) is 0. The second-order valence-corrected chi connectivity index (χ2v) is 11.4. The number of benzene rings is 3. The minimum absolute atomic E-state index is 0.00530. The lowest BCUT2D eigenvalue weighted by Gasteiger charge is -2.29. The first-order valence-corrected chi connectivity index (χ1v) is 15.6. The normalized spacial score (nSPS) is 19.5. The molecule has 3 unspecified atom stereocenters. The highest BCUT2D eigenvalue weighted by Crippen LogP contribution is 2.38. The van der Waals surface area contributed by atoms with Crippen molar-refractivity contribution in [3.63, 3.8) is 0 Å². The summed E-state index contributed by atoms with van der Waals surface area (Å²) in [5, 5.41) is 11.0. The Hall–Kier alpha value is -5.31. The van der Waals surface area contributed by atoms with Crippen molar-refractivity contribution < 1.29 is 38.6 Å². The molecule has 3 aliphatic rings. The van der Waals surface area contributed by atoms with Crippen LogP contribution in [0, 0.1) is 11.8 Å². The van der Waals surface area contributed by atoms with Crippen LogP contribution in [0.2, 0.25) is 0 Å². The smallest absolute Gasteiger partial charge is 0.342 e. The second kappa shape index (κ2) is 14.0. The fourth-order valence-electron chi connectivity index (χ4n) is 6.20. The predicted molar refractivity (Wildman–Crippen MR) is 174 cm³/mol. The lowest BCUT2D eigenvalue weighted by molar-refractivity contribution is -0.142. The Morgan fingerprint density at radius 3 is 1.81 bits per heavy atom. The van der Waals surface area contributed by atoms with Gasteiger partial charge in [-0.15, -0.1) is 0 Å². The molecule has 0 spiro atoms. The standard InChI is InChI=1S/C39H32O8/c40-34-26-18-8-10-20-28(26)36(42)32(30(34)24-14-4-1-5-15-24)38(44)46-22-12-3-13-23-47-39(45)33-31(25-16-6-2-7-17-25)35(41)27-19-9-11-21-29(27)37(33)43/h1-2,4-11,14-21,26,28,39,45H,3,12-13,22-23H2. The lowest BCUT2D eigenvalue weighted by atomic mass is 9.71. The van der Waals surface area contributed by atoms with Gasteiger partial charge in [0, 0.05) is 22.3 Å². The van der Waals surface area contributed by atoms with E-state index in [4.69, 9.17) is 9.47 Å². The zero-order valence-electron chi connectivity index (χ0n) is 25.5. The first kappa shape index (κ1) is 31.7. The maximum Gasteiger partial charge on any atom is 0.342 e. The van der Waals surface area contributed by atoms with E-state index >= 15 is 0 Å². The number of aliphatic hydroxyl groups is 1. The maximum atomic E-state index is 13.5. The molecule has 6 rings (SSSR count). The number of unbranched alkanes of at least 4 members (excludes halogenated alkanes) is 2. The Kier molecular flexibility index (Phi) is 9.42. The van der Waals surface area contributed by atoms with Crippen molar-refractivity contribution in [2.45, 2.75) is 25.6 Å². The van der Waals surface area contributed by atoms with E-state index in [2.05, 4.69) is 0 Å². The Bertz CT molecular complexity index is 1860. The van der Waals surface area contributed by atoms with Gasteiger partial charge in [0.05, 0.1) is 30.6 Å². The third-order valence-corrected chi connectivity index (χ3v) is 8.51. The van der Waals surface area contributed by atoms with Gasteiger partial charge in [0.25, 0.3) is 0 Å². The molecule has 3 aromatic carbocycles. The van der Waals surface area contributed by atoms with Gasteiger partial charge < -0.3 is 14.6 Å². The van der Waals surface area contributed by atoms with E-state index < -0.39 is 35.7 Å². The third-order valence-electron chi connectivity index (χ3n) is 8.51. The highest BCUT2D eigenvalue weighted by atomic mass is 16.6. The van der Waals surface area contributed by atoms with E-state index in [1.807, 2.05) is 0 Å². The number of fused-ring (bicyclic) bond motifs is 2. The number of carbonyl (C=O) groups is 5. The van der Waals surface area contributed by atoms with Crippen LogP contribution in [0.15, 0.2) is 120 Å². The van der Waals surface area contributed by atoms with Crippen LogP contribution in [0.1, 0.15) is 51.1 Å². The molecular formula is C39H32O8. The monoisotopic (exact) mass is 628 g/mol. The molecule has 0 radical (unpaired) electrons. The van der Waals surface area contributed by atoms with E-state index in [9.17, 15) is 29.1 Å². The largest absolute Gasteiger partial charge is 0.462 e. The van der Waals surface area contributed by atoms with Crippen molar-refractivity contribution in [2.75, 3.05) is 13.2 Å². The van der Waals surface area contributed by atoms with Gasteiger partial charge in [-0.3, -0.25) is 19.2 Å². The molecule has 0 saturated carbocycles. The Morgan fingerprint density at radius 1 is 0.638 bits per heavy atom. The third kappa shape index (κ3) is 6.25. The number of aliphatic hydroxyl groups excluding tert-OH is 1. The zero-order valence-corrected chi connectivity index (χ0v) is 25.5. The number of allylic oxidation sites excluding steroid dienone is 6. The quantitative estimate of drug-likeness (QED) is 0.127. The predicted octanol–water partition coefficient (Wildman–Crippen LogP) is 5.53. The summed E-state index contributed by atoms with van der Waals surface area (Å²) < 4.78 is 11.1. The average molecular weight is 629 g/mol. The molecule has 3 aromatic rings. The highest BCUT2D eigenvalue weighted by molar-refractivity contribution is 6.41. The molecule has 0 heterocycles. The topological polar surface area (TPSA) is 124 Å². The van der Waals surface area contributed by atoms with Crippen LogP contribution >= 0.6 is 0 Å². The first-order chi connectivity index (χ1) is 22.9. The van der Waals surface area contributed by atoms with E-state index in [-0.39, 0.29) is 58.2 Å². The molecule has 0 amide bonds. The molecule has 8 nitrogen and oxygen atoms in total. The van der Waals surface area contributed by atoms with Crippen molar-refractivity contribution >= 4 is 40.2 Å². The summed E-state index contributed by atoms with van der Waals surface area (Å²) in [6, 6.07) is 23.9. The Morgan fingerprint density at radius 2 is 1.17 bits per heavy atom. The van der Waals surface area contributed by atoms with Crippen LogP contribution in [0.5, 0.6) is 0 Å². The SMILES string of the molecule is O=C(OCCCCCOC(O)C1=C(c2ccccc2)C(=O)c2ccccc2C1=O)C1=C(c2ccccc2)C(=O)C2C=CC=CC2C1=O. The lowest BCUT2D eigenvalue weighted by Crippen LogP contribution is -2.38. The molecule has 0 aromatic heterocycles. The minimum atomic E-state index is -1.63. The summed E-state index contributed by atoms with van der Waals surface area (Å²) in [6.07, 6.45) is 6.55. The van der Waals surface area contributed by atoms with E-state index in [1.165, 1.54) is 0 Å². The molecule has 8 heteroatoms. The van der Waals surface area contributed by atoms with E-state index in [0.717, 1.165) is 0 Å². The van der Waals surface area contributed by atoms with Crippen molar-refractivity contribution in [2.24, 2.45) is 11.8 Å². The van der Waals surface area contributed by atoms with Crippen LogP contribution in [0.25, 0.3) is 11.1 Å². The number of hydrogen-bond donors (Lipinski definition) is 1. The molecule has 0 aliphatic heterocycles. The van der Waals surface area contributed by atoms with E-state index in [1.54, 1.807) is 109 Å². The number of rotatable bonds is 11. The van der Waals surface area contributed by atoms with Crippen LogP contribution in [0.3, 0.4) is 0 Å². The van der Waals surface area contributed by atoms with Gasteiger partial charge in [0.2, 0.25) is 0 Å². The van der Waals surface area contributed by atoms with Crippen LogP contribution in [0.4, 0.5) is 0 Å². The molecule has 0 bridgehead atoms. The van der Waals surface area contributed by atoms with Gasteiger partial charge in [-0.1, -0.05) is 109 Å². The van der Waals surface area contributed by atoms with Crippen molar-refractivity contribution in [1.82, 2.24) is 0 Å². The number of esters is 1. The number of ketones is 4. The van der Waals surface area contributed by atoms with Gasteiger partial charge in [-0.25, -0.2) is 4.79 Å². The highest BCUT2D eigenvalue weighted by Gasteiger charge is 2.44. The van der Waals surface area contributed by atoms with Crippen molar-refractivity contribution in [3.05, 3.63) is 143 Å². The first-order valence-electron chi connectivity index (χ1n) is 15.6. The molecule has 0 saturated heterocycles. The van der Waals surface area contributed by atoms with Crippen LogP contribution in [-0.4, -0.2) is 53.7 Å². The number of hydrogen-bond acceptors (Lipinski definition) is 8. The molecule has 3 aliphatic carbocycles. The van der Waals surface area contributed by atoms with E-state index in [0.29, 0.717) is 30.4 Å². The minimum Gasteiger partial charge on any atom is -0.462 e. The molecule has 47 heavy (non-hydrogen) atoms. The van der Waals surface area contributed by atoms with Gasteiger partial charge >= 0.3 is 5.97 Å². The van der Waals surface area contributed by atoms with Gasteiger partial charge in [0.15, 0.2) is 29.4 Å². The van der Waals surface area contributed by atoms with Gasteiger partial charge in [-0.05, 0) is 30.4 Å². The fraction of sp³-hybridized carbons (Fsp3) is 0.205. The number of ether oxygens (including phenoxy) is 2. The van der Waals surface area contributed by atoms with Gasteiger partial charge in [0.1, 0.15) is 5.57 Å². The summed E-state index contributed by atoms with van der Waals surface area (Å²) >= 11 is 0. The zero-order chi connectivity index (χ0) is 32.9. The van der Waals surface area contributed by atoms with Crippen molar-refractivity contribution in [1.29, 1.82) is 0 Å². The van der Waals surface area contributed by atoms with Crippen molar-refractivity contribution in [3.8, 4) is 0 Å². The summed E-state index contributed by atoms with van der Waals surface area (Å²) in [5.74, 6) is -3.81. The average Bonchev–Trinajstić information content (AvgIpc) is 3.11. The molecule has 0 fully saturated rings. The van der Waals surface area contributed by atoms with Gasteiger partial charge in [-0.2, -0.15) is 0 Å². The fourth-order valence-corrected chi connectivity index (χ4v) is 6.20.